The number of rotatable bonds is 5. The minimum absolute atomic E-state index is 0.0380. The first kappa shape index (κ1) is 20.7. The summed E-state index contributed by atoms with van der Waals surface area (Å²) >= 11 is 0. The van der Waals surface area contributed by atoms with Crippen LogP contribution in [0.25, 0.3) is 0 Å². The van der Waals surface area contributed by atoms with Gasteiger partial charge < -0.3 is 24.0 Å². The van der Waals surface area contributed by atoms with Gasteiger partial charge in [-0.15, -0.1) is 0 Å². The number of nitrogens with zero attached hydrogens (tertiary/aromatic N) is 2. The van der Waals surface area contributed by atoms with Gasteiger partial charge in [-0.2, -0.15) is 0 Å². The Morgan fingerprint density at radius 1 is 1.10 bits per heavy atom. The van der Waals surface area contributed by atoms with Gasteiger partial charge in [0.05, 0.1) is 31.9 Å². The lowest BCUT2D eigenvalue weighted by molar-refractivity contribution is -0.148. The summed E-state index contributed by atoms with van der Waals surface area (Å²) in [5.41, 5.74) is 1.30. The maximum absolute atomic E-state index is 13.4. The van der Waals surface area contributed by atoms with Gasteiger partial charge in [-0.25, -0.2) is 4.79 Å². The lowest BCUT2D eigenvalue weighted by atomic mass is 10.0. The monoisotopic (exact) mass is 424 g/mol. The molecule has 2 aromatic carbocycles. The molecule has 1 fully saturated rings. The van der Waals surface area contributed by atoms with Crippen LogP contribution in [0.5, 0.6) is 11.5 Å². The van der Waals surface area contributed by atoms with Crippen molar-refractivity contribution in [3.05, 3.63) is 48.5 Å². The number of hydrogen-bond acceptors (Lipinski definition) is 6. The molecular weight excluding hydrogens is 400 g/mol. The molecule has 2 aliphatic heterocycles. The number of esters is 1. The average molecular weight is 424 g/mol. The van der Waals surface area contributed by atoms with Gasteiger partial charge in [0.25, 0.3) is 0 Å². The van der Waals surface area contributed by atoms with E-state index < -0.39 is 18.0 Å². The lowest BCUT2D eigenvalue weighted by Crippen LogP contribution is -2.49. The van der Waals surface area contributed by atoms with E-state index in [1.165, 1.54) is 12.0 Å². The smallest absolute Gasteiger partial charge is 0.348 e. The largest absolute Gasteiger partial charge is 0.494 e. The van der Waals surface area contributed by atoms with Crippen LogP contribution in [0, 0.1) is 5.92 Å². The summed E-state index contributed by atoms with van der Waals surface area (Å²) in [5.74, 6) is -0.246. The fourth-order valence-electron chi connectivity index (χ4n) is 3.93. The van der Waals surface area contributed by atoms with E-state index in [-0.39, 0.29) is 31.3 Å². The summed E-state index contributed by atoms with van der Waals surface area (Å²) in [6.07, 6.45) is -0.808. The van der Waals surface area contributed by atoms with Crippen molar-refractivity contribution < 1.29 is 28.6 Å². The van der Waals surface area contributed by atoms with Crippen LogP contribution >= 0.6 is 0 Å². The highest BCUT2D eigenvalue weighted by Crippen LogP contribution is 2.36. The molecule has 0 N–H and O–H groups in total. The Morgan fingerprint density at radius 3 is 2.55 bits per heavy atom. The highest BCUT2D eigenvalue weighted by atomic mass is 16.6. The van der Waals surface area contributed by atoms with E-state index >= 15 is 0 Å². The van der Waals surface area contributed by atoms with Crippen LogP contribution in [-0.4, -0.2) is 50.7 Å². The van der Waals surface area contributed by atoms with Gasteiger partial charge in [0, 0.05) is 18.7 Å². The van der Waals surface area contributed by atoms with Gasteiger partial charge >= 0.3 is 5.97 Å². The van der Waals surface area contributed by atoms with Crippen LogP contribution in [0.15, 0.2) is 48.5 Å². The molecule has 2 atom stereocenters. The summed E-state index contributed by atoms with van der Waals surface area (Å²) in [6.45, 7) is 2.78. The molecule has 2 aromatic rings. The van der Waals surface area contributed by atoms with Gasteiger partial charge in [0.15, 0.2) is 0 Å². The molecule has 8 heteroatoms. The summed E-state index contributed by atoms with van der Waals surface area (Å²) < 4.78 is 16.0. The fourth-order valence-corrected chi connectivity index (χ4v) is 3.93. The molecule has 0 radical (unpaired) electrons. The van der Waals surface area contributed by atoms with Crippen molar-refractivity contribution in [2.24, 2.45) is 5.92 Å². The standard InChI is InChI=1S/C23H24N2O6/c1-3-30-17-10-8-16(9-11-17)24-13-15(12-21(24)26)22(27)25-14-20(23(28)29-2)31-19-7-5-4-6-18(19)25/h4-11,15,20H,3,12-14H2,1-2H3/t15-,20+/m1/s1. The number of methoxy groups -OCH3 is 1. The second-order valence-corrected chi connectivity index (χ2v) is 7.38. The zero-order valence-corrected chi connectivity index (χ0v) is 17.4. The minimum atomic E-state index is -0.914. The van der Waals surface area contributed by atoms with E-state index in [4.69, 9.17) is 14.2 Å². The number of ether oxygens (including phenoxy) is 3. The summed E-state index contributed by atoms with van der Waals surface area (Å²) in [7, 11) is 1.28. The van der Waals surface area contributed by atoms with E-state index in [1.54, 1.807) is 41.3 Å². The zero-order valence-electron chi connectivity index (χ0n) is 17.4. The van der Waals surface area contributed by atoms with Gasteiger partial charge in [-0.3, -0.25) is 9.59 Å². The molecule has 8 nitrogen and oxygen atoms in total. The fraction of sp³-hybridized carbons (Fsp3) is 0.348. The predicted molar refractivity (Wildman–Crippen MR) is 113 cm³/mol. The molecule has 0 spiro atoms. The number of carbonyl (C=O) groups excluding carboxylic acids is 3. The Hall–Kier alpha value is -3.55. The first-order valence-electron chi connectivity index (χ1n) is 10.2. The van der Waals surface area contributed by atoms with Crippen molar-refractivity contribution >= 4 is 29.2 Å². The maximum atomic E-state index is 13.4. The summed E-state index contributed by atoms with van der Waals surface area (Å²) in [6, 6.07) is 14.3. The molecule has 0 bridgehead atoms. The highest BCUT2D eigenvalue weighted by Gasteiger charge is 2.41. The van der Waals surface area contributed by atoms with Crippen molar-refractivity contribution in [3.63, 3.8) is 0 Å². The number of anilines is 2. The van der Waals surface area contributed by atoms with Gasteiger partial charge in [0.1, 0.15) is 11.5 Å². The first-order valence-corrected chi connectivity index (χ1v) is 10.2. The Morgan fingerprint density at radius 2 is 1.84 bits per heavy atom. The molecule has 0 saturated carbocycles. The van der Waals surface area contributed by atoms with Crippen LogP contribution in [0.4, 0.5) is 11.4 Å². The molecule has 2 heterocycles. The SMILES string of the molecule is CCOc1ccc(N2C[C@H](C(=O)N3C[C@@H](C(=O)OC)Oc4ccccc43)CC2=O)cc1. The normalized spacial score (nSPS) is 20.1. The third kappa shape index (κ3) is 4.05. The third-order valence-corrected chi connectivity index (χ3v) is 5.44. The Balaban J connectivity index is 1.54. The molecular formula is C23H24N2O6. The van der Waals surface area contributed by atoms with Crippen molar-refractivity contribution in [2.45, 2.75) is 19.4 Å². The number of carbonyl (C=O) groups is 3. The van der Waals surface area contributed by atoms with Crippen LogP contribution in [0.2, 0.25) is 0 Å². The number of para-hydroxylation sites is 2. The molecule has 0 aliphatic carbocycles. The Kier molecular flexibility index (Phi) is 5.79. The number of amides is 2. The molecule has 2 aliphatic rings. The molecule has 2 amide bonds. The van der Waals surface area contributed by atoms with Crippen molar-refractivity contribution in [2.75, 3.05) is 36.6 Å². The average Bonchev–Trinajstić information content (AvgIpc) is 3.19. The van der Waals surface area contributed by atoms with E-state index in [2.05, 4.69) is 0 Å². The summed E-state index contributed by atoms with van der Waals surface area (Å²) in [5, 5.41) is 0. The van der Waals surface area contributed by atoms with Gasteiger partial charge in [0.2, 0.25) is 17.9 Å². The van der Waals surface area contributed by atoms with Crippen molar-refractivity contribution in [1.82, 2.24) is 0 Å². The van der Waals surface area contributed by atoms with Gasteiger partial charge in [-0.1, -0.05) is 12.1 Å². The second-order valence-electron chi connectivity index (χ2n) is 7.38. The predicted octanol–water partition coefficient (Wildman–Crippen LogP) is 2.41. The van der Waals surface area contributed by atoms with Crippen LogP contribution in [-0.2, 0) is 19.1 Å². The summed E-state index contributed by atoms with van der Waals surface area (Å²) in [4.78, 5) is 41.3. The maximum Gasteiger partial charge on any atom is 0.348 e. The van der Waals surface area contributed by atoms with Gasteiger partial charge in [-0.05, 0) is 43.3 Å². The van der Waals surface area contributed by atoms with E-state index in [1.807, 2.05) is 19.1 Å². The first-order chi connectivity index (χ1) is 15.0. The van der Waals surface area contributed by atoms with E-state index in [0.717, 1.165) is 11.4 Å². The van der Waals surface area contributed by atoms with E-state index in [0.29, 0.717) is 18.0 Å². The van der Waals surface area contributed by atoms with Crippen molar-refractivity contribution in [1.29, 1.82) is 0 Å². The van der Waals surface area contributed by atoms with Crippen LogP contribution < -0.4 is 19.3 Å². The minimum Gasteiger partial charge on any atom is -0.494 e. The van der Waals surface area contributed by atoms with Crippen molar-refractivity contribution in [3.8, 4) is 11.5 Å². The van der Waals surface area contributed by atoms with E-state index in [9.17, 15) is 14.4 Å². The Bertz CT molecular complexity index is 990. The molecule has 0 aromatic heterocycles. The quantitative estimate of drug-likeness (QED) is 0.686. The highest BCUT2D eigenvalue weighted by molar-refractivity contribution is 6.05. The van der Waals surface area contributed by atoms with Crippen LogP contribution in [0.3, 0.4) is 0 Å². The third-order valence-electron chi connectivity index (χ3n) is 5.44. The molecule has 31 heavy (non-hydrogen) atoms. The number of fused-ring (bicyclic) bond motifs is 1. The molecule has 0 unspecified atom stereocenters. The topological polar surface area (TPSA) is 85.4 Å². The second kappa shape index (κ2) is 8.67. The molecule has 1 saturated heterocycles. The Labute approximate surface area is 180 Å². The number of benzene rings is 2. The number of hydrogen-bond donors (Lipinski definition) is 0. The zero-order chi connectivity index (χ0) is 22.0. The lowest BCUT2D eigenvalue weighted by Gasteiger charge is -2.34. The van der Waals surface area contributed by atoms with Crippen LogP contribution in [0.1, 0.15) is 13.3 Å². The molecule has 4 rings (SSSR count). The molecule has 162 valence electrons.